The van der Waals surface area contributed by atoms with Crippen molar-refractivity contribution in [3.8, 4) is 0 Å². The van der Waals surface area contributed by atoms with Crippen LogP contribution in [-0.4, -0.2) is 69.2 Å². The molecule has 1 rings (SSSR count). The molecule has 0 aromatic carbocycles. The summed E-state index contributed by atoms with van der Waals surface area (Å²) < 4.78 is 28.9. The quantitative estimate of drug-likeness (QED) is 0.687. The lowest BCUT2D eigenvalue weighted by Gasteiger charge is -2.33. The van der Waals surface area contributed by atoms with E-state index in [-0.39, 0.29) is 18.6 Å². The van der Waals surface area contributed by atoms with Crippen molar-refractivity contribution in [1.29, 1.82) is 0 Å². The van der Waals surface area contributed by atoms with Crippen LogP contribution in [0, 0.1) is 0 Å². The Balaban J connectivity index is 2.53. The lowest BCUT2D eigenvalue weighted by Crippen LogP contribution is -2.49. The highest BCUT2D eigenvalue weighted by Crippen LogP contribution is 2.09. The molecule has 1 aliphatic heterocycles. The van der Waals surface area contributed by atoms with Gasteiger partial charge in [-0.15, -0.1) is 0 Å². The van der Waals surface area contributed by atoms with Crippen molar-refractivity contribution in [3.05, 3.63) is 0 Å². The highest BCUT2D eigenvalue weighted by Gasteiger charge is 2.25. The lowest BCUT2D eigenvalue weighted by molar-refractivity contribution is -0.138. The maximum atomic E-state index is 11.9. The van der Waals surface area contributed by atoms with Crippen molar-refractivity contribution >= 4 is 15.9 Å². The SMILES string of the molecule is CC[C@H]1CN(C(=O)CN(C)S(C)(=O)=O)CCO1. The fraction of sp³-hybridized carbons (Fsp3) is 0.900. The van der Waals surface area contributed by atoms with Crippen LogP contribution in [0.4, 0.5) is 0 Å². The van der Waals surface area contributed by atoms with E-state index < -0.39 is 10.0 Å². The number of rotatable bonds is 4. The fourth-order valence-electron chi connectivity index (χ4n) is 1.60. The first kappa shape index (κ1) is 14.4. The molecule has 0 bridgehead atoms. The van der Waals surface area contributed by atoms with Gasteiger partial charge in [0.25, 0.3) is 0 Å². The van der Waals surface area contributed by atoms with Crippen LogP contribution in [0.1, 0.15) is 13.3 Å². The Morgan fingerprint density at radius 2 is 2.18 bits per heavy atom. The van der Waals surface area contributed by atoms with E-state index >= 15 is 0 Å². The third kappa shape index (κ3) is 4.25. The van der Waals surface area contributed by atoms with Gasteiger partial charge in [0.2, 0.25) is 15.9 Å². The van der Waals surface area contributed by atoms with E-state index in [1.165, 1.54) is 7.05 Å². The maximum Gasteiger partial charge on any atom is 0.238 e. The molecular weight excluding hydrogens is 244 g/mol. The van der Waals surface area contributed by atoms with E-state index in [4.69, 9.17) is 4.74 Å². The van der Waals surface area contributed by atoms with Gasteiger partial charge >= 0.3 is 0 Å². The van der Waals surface area contributed by atoms with Gasteiger partial charge in [0, 0.05) is 20.1 Å². The van der Waals surface area contributed by atoms with Gasteiger partial charge in [0.15, 0.2) is 0 Å². The smallest absolute Gasteiger partial charge is 0.238 e. The van der Waals surface area contributed by atoms with Crippen LogP contribution in [0.5, 0.6) is 0 Å². The number of nitrogens with zero attached hydrogens (tertiary/aromatic N) is 2. The predicted octanol–water partition coefficient (Wildman–Crippen LogP) is -0.485. The molecule has 0 aromatic heterocycles. The summed E-state index contributed by atoms with van der Waals surface area (Å²) in [6, 6.07) is 0. The number of morpholine rings is 1. The van der Waals surface area contributed by atoms with Crippen molar-refractivity contribution in [3.63, 3.8) is 0 Å². The van der Waals surface area contributed by atoms with E-state index in [0.717, 1.165) is 17.0 Å². The Labute approximate surface area is 103 Å². The maximum absolute atomic E-state index is 11.9. The van der Waals surface area contributed by atoms with Crippen LogP contribution in [0.25, 0.3) is 0 Å². The monoisotopic (exact) mass is 264 g/mol. The Kier molecular flexibility index (Phi) is 4.91. The van der Waals surface area contributed by atoms with Gasteiger partial charge in [0.05, 0.1) is 25.5 Å². The zero-order chi connectivity index (χ0) is 13.1. The van der Waals surface area contributed by atoms with Gasteiger partial charge < -0.3 is 9.64 Å². The second-order valence-electron chi connectivity index (χ2n) is 4.26. The summed E-state index contributed by atoms with van der Waals surface area (Å²) in [7, 11) is -1.89. The summed E-state index contributed by atoms with van der Waals surface area (Å²) in [6.07, 6.45) is 2.01. The molecular formula is C10H20N2O4S. The standard InChI is InChI=1S/C10H20N2O4S/c1-4-9-7-12(5-6-16-9)10(13)8-11(2)17(3,14)15/h9H,4-8H2,1-3H3/t9-/m0/s1. The normalized spacial score (nSPS) is 21.9. The Morgan fingerprint density at radius 1 is 1.53 bits per heavy atom. The molecule has 17 heavy (non-hydrogen) atoms. The first-order valence-corrected chi connectivity index (χ1v) is 7.50. The number of amides is 1. The summed E-state index contributed by atoms with van der Waals surface area (Å²) in [5.74, 6) is -0.167. The van der Waals surface area contributed by atoms with Crippen molar-refractivity contribution in [1.82, 2.24) is 9.21 Å². The molecule has 0 radical (unpaired) electrons. The van der Waals surface area contributed by atoms with E-state index in [1.807, 2.05) is 6.92 Å². The molecule has 0 N–H and O–H groups in total. The molecule has 1 fully saturated rings. The average molecular weight is 264 g/mol. The third-order valence-corrected chi connectivity index (χ3v) is 4.13. The van der Waals surface area contributed by atoms with Gasteiger partial charge in [-0.3, -0.25) is 4.79 Å². The molecule has 1 amide bonds. The molecule has 0 spiro atoms. The van der Waals surface area contributed by atoms with E-state index in [0.29, 0.717) is 19.7 Å². The van der Waals surface area contributed by atoms with Gasteiger partial charge in [0.1, 0.15) is 0 Å². The molecule has 100 valence electrons. The zero-order valence-corrected chi connectivity index (χ0v) is 11.4. The summed E-state index contributed by atoms with van der Waals surface area (Å²) in [6.45, 7) is 3.50. The molecule has 0 aliphatic carbocycles. The molecule has 1 heterocycles. The topological polar surface area (TPSA) is 66.9 Å². The number of carbonyl (C=O) groups excluding carboxylic acids is 1. The minimum absolute atomic E-state index is 0.0660. The zero-order valence-electron chi connectivity index (χ0n) is 10.5. The van der Waals surface area contributed by atoms with E-state index in [1.54, 1.807) is 4.90 Å². The minimum Gasteiger partial charge on any atom is -0.375 e. The molecule has 6 nitrogen and oxygen atoms in total. The van der Waals surface area contributed by atoms with Crippen LogP contribution in [-0.2, 0) is 19.6 Å². The largest absolute Gasteiger partial charge is 0.375 e. The molecule has 1 atom stereocenters. The van der Waals surface area contributed by atoms with Crippen LogP contribution >= 0.6 is 0 Å². The van der Waals surface area contributed by atoms with Gasteiger partial charge in [-0.05, 0) is 6.42 Å². The first-order valence-electron chi connectivity index (χ1n) is 5.65. The molecule has 0 aromatic rings. The molecule has 0 saturated carbocycles. The number of carbonyl (C=O) groups is 1. The second kappa shape index (κ2) is 5.79. The Bertz CT molecular complexity index is 369. The number of likely N-dealkylation sites (N-methyl/N-ethyl adjacent to an activating group) is 1. The Morgan fingerprint density at radius 3 is 2.71 bits per heavy atom. The predicted molar refractivity (Wildman–Crippen MR) is 64.1 cm³/mol. The number of sulfonamides is 1. The fourth-order valence-corrected chi connectivity index (χ4v) is 1.95. The van der Waals surface area contributed by atoms with Crippen molar-refractivity contribution in [2.24, 2.45) is 0 Å². The highest BCUT2D eigenvalue weighted by atomic mass is 32.2. The minimum atomic E-state index is -3.30. The average Bonchev–Trinajstić information content (AvgIpc) is 2.27. The number of ether oxygens (including phenoxy) is 1. The number of hydrogen-bond donors (Lipinski definition) is 0. The van der Waals surface area contributed by atoms with Crippen LogP contribution in [0.3, 0.4) is 0 Å². The van der Waals surface area contributed by atoms with E-state index in [9.17, 15) is 13.2 Å². The van der Waals surface area contributed by atoms with Crippen LogP contribution < -0.4 is 0 Å². The van der Waals surface area contributed by atoms with Crippen LogP contribution in [0.15, 0.2) is 0 Å². The summed E-state index contributed by atoms with van der Waals surface area (Å²) in [4.78, 5) is 13.5. The molecule has 1 aliphatic rings. The summed E-state index contributed by atoms with van der Waals surface area (Å²) in [5.41, 5.74) is 0. The van der Waals surface area contributed by atoms with Gasteiger partial charge in [-0.25, -0.2) is 8.42 Å². The Hall–Kier alpha value is -0.660. The first-order chi connectivity index (χ1) is 7.84. The van der Waals surface area contributed by atoms with Crippen molar-refractivity contribution < 1.29 is 17.9 Å². The molecule has 7 heteroatoms. The van der Waals surface area contributed by atoms with E-state index in [2.05, 4.69) is 0 Å². The van der Waals surface area contributed by atoms with Gasteiger partial charge in [-0.2, -0.15) is 4.31 Å². The number of hydrogen-bond acceptors (Lipinski definition) is 4. The van der Waals surface area contributed by atoms with Crippen LogP contribution in [0.2, 0.25) is 0 Å². The van der Waals surface area contributed by atoms with Crippen molar-refractivity contribution in [2.45, 2.75) is 19.4 Å². The lowest BCUT2D eigenvalue weighted by atomic mass is 10.2. The molecule has 1 saturated heterocycles. The highest BCUT2D eigenvalue weighted by molar-refractivity contribution is 7.88. The second-order valence-corrected chi connectivity index (χ2v) is 6.35. The van der Waals surface area contributed by atoms with Gasteiger partial charge in [-0.1, -0.05) is 6.92 Å². The third-order valence-electron chi connectivity index (χ3n) is 2.87. The summed E-state index contributed by atoms with van der Waals surface area (Å²) >= 11 is 0. The summed E-state index contributed by atoms with van der Waals surface area (Å²) in [5, 5.41) is 0. The molecule has 0 unspecified atom stereocenters. The van der Waals surface area contributed by atoms with Crippen molar-refractivity contribution in [2.75, 3.05) is 39.5 Å².